The molecule has 3 aromatic rings. The summed E-state index contributed by atoms with van der Waals surface area (Å²) in [5.74, 6) is 0.585. The average Bonchev–Trinajstić information content (AvgIpc) is 3.49. The Labute approximate surface area is 195 Å². The highest BCUT2D eigenvalue weighted by atomic mass is 32.2. The van der Waals surface area contributed by atoms with Gasteiger partial charge in [-0.05, 0) is 37.4 Å². The van der Waals surface area contributed by atoms with Gasteiger partial charge in [0.05, 0.1) is 29.9 Å². The lowest BCUT2D eigenvalue weighted by molar-refractivity contribution is 0.0358. The van der Waals surface area contributed by atoms with Crippen molar-refractivity contribution in [3.8, 4) is 5.75 Å². The number of likely N-dealkylation sites (tertiary alicyclic amines) is 1. The topological polar surface area (TPSA) is 102 Å². The number of alkyl halides is 1. The highest BCUT2D eigenvalue weighted by Gasteiger charge is 2.38. The van der Waals surface area contributed by atoms with Gasteiger partial charge in [-0.1, -0.05) is 6.07 Å². The second-order valence-corrected chi connectivity index (χ2v) is 10.8. The summed E-state index contributed by atoms with van der Waals surface area (Å²) in [5, 5.41) is 4.53. The second-order valence-electron chi connectivity index (χ2n) is 8.38. The number of ether oxygens (including phenoxy) is 1. The molecule has 1 aromatic carbocycles. The quantitative estimate of drug-likeness (QED) is 0.563. The van der Waals surface area contributed by atoms with Crippen LogP contribution in [-0.4, -0.2) is 52.3 Å². The Balaban J connectivity index is 1.46. The molecular weight excluding hydrogens is 467 g/mol. The van der Waals surface area contributed by atoms with Crippen LogP contribution in [0.5, 0.6) is 5.75 Å². The van der Waals surface area contributed by atoms with Crippen LogP contribution in [-0.2, 0) is 17.1 Å². The molecule has 0 spiro atoms. The van der Waals surface area contributed by atoms with E-state index in [0.29, 0.717) is 12.4 Å². The van der Waals surface area contributed by atoms with Crippen LogP contribution in [0.4, 0.5) is 9.52 Å². The molecule has 2 aliphatic rings. The molecule has 3 atom stereocenters. The Kier molecular flexibility index (Phi) is 6.06. The first-order valence-electron chi connectivity index (χ1n) is 10.8. The molecule has 176 valence electrons. The predicted octanol–water partition coefficient (Wildman–Crippen LogP) is 3.32. The lowest BCUT2D eigenvalue weighted by atomic mass is 9.86. The summed E-state index contributed by atoms with van der Waals surface area (Å²) < 4.78 is 53.2. The molecule has 0 saturated carbocycles. The monoisotopic (exact) mass is 492 g/mol. The second kappa shape index (κ2) is 8.99. The van der Waals surface area contributed by atoms with Crippen molar-refractivity contribution < 1.29 is 17.5 Å². The van der Waals surface area contributed by atoms with Gasteiger partial charge in [0.25, 0.3) is 10.0 Å². The molecule has 1 fully saturated rings. The molecule has 1 saturated heterocycles. The summed E-state index contributed by atoms with van der Waals surface area (Å²) in [7, 11) is -1.90. The molecule has 2 aliphatic heterocycles. The molecule has 0 amide bonds. The van der Waals surface area contributed by atoms with Crippen LogP contribution < -0.4 is 9.46 Å². The lowest BCUT2D eigenvalue weighted by Crippen LogP contribution is -2.42. The number of nitrogens with one attached hydrogen (secondary N) is 1. The van der Waals surface area contributed by atoms with Gasteiger partial charge in [-0.25, -0.2) is 13.4 Å². The molecular formula is C21H25FN6O3S2. The smallest absolute Gasteiger partial charge is 0.263 e. The standard InChI is InChI=1S/C21H25FN6O3S2/c1-27-18(4-7-24-27)19-10-14(12-22)5-8-28(19)17-6-9-31-20-11-15(2-3-16(17)20)33(29,30)26-21-23-13-25-32-21/h2-4,7,11,13-14,17,19H,5-6,8-10,12H2,1H3,(H,23,25,26)/t14-,17-,19+/m1/s1. The summed E-state index contributed by atoms with van der Waals surface area (Å²) in [6.07, 6.45) is 5.36. The Morgan fingerprint density at radius 1 is 1.27 bits per heavy atom. The fraction of sp³-hybridized carbons (Fsp3) is 0.476. The van der Waals surface area contributed by atoms with E-state index in [1.54, 1.807) is 18.3 Å². The number of hydrogen-bond acceptors (Lipinski definition) is 8. The van der Waals surface area contributed by atoms with Crippen molar-refractivity contribution in [2.75, 3.05) is 24.5 Å². The Hall–Kier alpha value is -2.57. The summed E-state index contributed by atoms with van der Waals surface area (Å²) >= 11 is 0.971. The number of anilines is 1. The molecule has 1 N–H and O–H groups in total. The van der Waals surface area contributed by atoms with Crippen LogP contribution in [0.2, 0.25) is 0 Å². The van der Waals surface area contributed by atoms with E-state index in [1.165, 1.54) is 6.33 Å². The molecule has 9 nitrogen and oxygen atoms in total. The van der Waals surface area contributed by atoms with Gasteiger partial charge >= 0.3 is 0 Å². The van der Waals surface area contributed by atoms with E-state index < -0.39 is 10.0 Å². The van der Waals surface area contributed by atoms with Crippen LogP contribution in [0.3, 0.4) is 0 Å². The summed E-state index contributed by atoms with van der Waals surface area (Å²) in [5.41, 5.74) is 2.00. The number of benzene rings is 1. The molecule has 12 heteroatoms. The van der Waals surface area contributed by atoms with Gasteiger partial charge in [-0.2, -0.15) is 9.47 Å². The number of aryl methyl sites for hydroxylation is 1. The fourth-order valence-corrected chi connectivity index (χ4v) is 6.50. The zero-order chi connectivity index (χ0) is 23.0. The number of hydrogen-bond donors (Lipinski definition) is 1. The highest BCUT2D eigenvalue weighted by Crippen LogP contribution is 2.45. The minimum Gasteiger partial charge on any atom is -0.493 e. The third-order valence-corrected chi connectivity index (χ3v) is 8.50. The Morgan fingerprint density at radius 2 is 2.15 bits per heavy atom. The van der Waals surface area contributed by atoms with Gasteiger partial charge in [0.1, 0.15) is 12.1 Å². The third-order valence-electron chi connectivity index (χ3n) is 6.46. The maximum atomic E-state index is 13.6. The Morgan fingerprint density at radius 3 is 2.88 bits per heavy atom. The van der Waals surface area contributed by atoms with Crippen LogP contribution in [0, 0.1) is 5.92 Å². The molecule has 2 aromatic heterocycles. The largest absolute Gasteiger partial charge is 0.493 e. The van der Waals surface area contributed by atoms with Gasteiger partial charge in [0.15, 0.2) is 0 Å². The minimum atomic E-state index is -3.81. The predicted molar refractivity (Wildman–Crippen MR) is 121 cm³/mol. The maximum Gasteiger partial charge on any atom is 0.263 e. The van der Waals surface area contributed by atoms with Crippen LogP contribution in [0.15, 0.2) is 41.7 Å². The van der Waals surface area contributed by atoms with Crippen molar-refractivity contribution in [1.29, 1.82) is 0 Å². The Bertz CT molecular complexity index is 1220. The van der Waals surface area contributed by atoms with Crippen molar-refractivity contribution in [3.63, 3.8) is 0 Å². The highest BCUT2D eigenvalue weighted by molar-refractivity contribution is 7.93. The number of sulfonamides is 1. The lowest BCUT2D eigenvalue weighted by Gasteiger charge is -2.45. The SMILES string of the molecule is Cn1nccc1[C@@H]1C[C@H](CF)CCN1[C@@H]1CCOc2cc(S(=O)(=O)Nc3ncns3)ccc21. The van der Waals surface area contributed by atoms with Gasteiger partial charge in [-0.15, -0.1) is 0 Å². The molecule has 0 radical (unpaired) electrons. The van der Waals surface area contributed by atoms with E-state index in [2.05, 4.69) is 24.1 Å². The molecule has 0 aliphatic carbocycles. The number of piperidine rings is 1. The van der Waals surface area contributed by atoms with Crippen molar-refractivity contribution in [2.24, 2.45) is 13.0 Å². The zero-order valence-corrected chi connectivity index (χ0v) is 19.7. The summed E-state index contributed by atoms with van der Waals surface area (Å²) in [6, 6.07) is 7.06. The van der Waals surface area contributed by atoms with Crippen LogP contribution >= 0.6 is 11.5 Å². The summed E-state index contributed by atoms with van der Waals surface area (Å²) in [4.78, 5) is 6.39. The normalized spacial score (nSPS) is 23.6. The molecule has 0 unspecified atom stereocenters. The first-order valence-corrected chi connectivity index (χ1v) is 13.1. The number of rotatable bonds is 6. The average molecular weight is 493 g/mol. The molecule has 0 bridgehead atoms. The number of fused-ring (bicyclic) bond motifs is 1. The van der Waals surface area contributed by atoms with Crippen LogP contribution in [0.1, 0.15) is 42.6 Å². The number of aromatic nitrogens is 4. The third kappa shape index (κ3) is 4.34. The summed E-state index contributed by atoms with van der Waals surface area (Å²) in [6.45, 7) is 0.911. The van der Waals surface area contributed by atoms with Crippen molar-refractivity contribution in [3.05, 3.63) is 48.0 Å². The minimum absolute atomic E-state index is 0.0272. The van der Waals surface area contributed by atoms with E-state index in [1.807, 2.05) is 23.9 Å². The van der Waals surface area contributed by atoms with Gasteiger partial charge in [-0.3, -0.25) is 18.7 Å². The van der Waals surface area contributed by atoms with E-state index in [0.717, 1.165) is 48.6 Å². The van der Waals surface area contributed by atoms with Gasteiger partial charge < -0.3 is 4.74 Å². The van der Waals surface area contributed by atoms with Crippen molar-refractivity contribution in [1.82, 2.24) is 24.0 Å². The zero-order valence-electron chi connectivity index (χ0n) is 18.1. The van der Waals surface area contributed by atoms with Gasteiger partial charge in [0.2, 0.25) is 5.13 Å². The van der Waals surface area contributed by atoms with E-state index >= 15 is 0 Å². The van der Waals surface area contributed by atoms with Crippen LogP contribution in [0.25, 0.3) is 0 Å². The first kappa shape index (κ1) is 22.2. The molecule has 4 heterocycles. The van der Waals surface area contributed by atoms with E-state index in [4.69, 9.17) is 4.74 Å². The van der Waals surface area contributed by atoms with Crippen molar-refractivity contribution >= 4 is 26.7 Å². The van der Waals surface area contributed by atoms with Crippen molar-refractivity contribution in [2.45, 2.75) is 36.2 Å². The van der Waals surface area contributed by atoms with E-state index in [-0.39, 0.29) is 34.7 Å². The number of nitrogens with zero attached hydrogens (tertiary/aromatic N) is 5. The van der Waals surface area contributed by atoms with Gasteiger partial charge in [0, 0.05) is 48.9 Å². The molecule has 5 rings (SSSR count). The molecule has 33 heavy (non-hydrogen) atoms. The fourth-order valence-electron chi connectivity index (χ4n) is 4.83. The van der Waals surface area contributed by atoms with E-state index in [9.17, 15) is 12.8 Å². The number of halogens is 1. The maximum absolute atomic E-state index is 13.6. The first-order chi connectivity index (χ1) is 16.0.